The number of nitrogens with one attached hydrogen (secondary N) is 1. The first-order valence-electron chi connectivity index (χ1n) is 7.29. The quantitative estimate of drug-likeness (QED) is 0.422. The average Bonchev–Trinajstić information content (AvgIpc) is 3.10. The molecule has 0 bridgehead atoms. The van der Waals surface area contributed by atoms with Gasteiger partial charge in [-0.1, -0.05) is 0 Å². The van der Waals surface area contributed by atoms with E-state index >= 15 is 0 Å². The molecular weight excluding hydrogens is 372 g/mol. The Balaban J connectivity index is 1.82. The molecule has 0 aliphatic carbocycles. The predicted molar refractivity (Wildman–Crippen MR) is 88.8 cm³/mol. The number of carboxylic acid groups (broad SMARTS) is 1. The van der Waals surface area contributed by atoms with Gasteiger partial charge in [0, 0.05) is 18.7 Å². The van der Waals surface area contributed by atoms with Gasteiger partial charge in [-0.25, -0.2) is 4.79 Å². The third kappa shape index (κ3) is 2.82. The number of aliphatic carboxylic acids is 1. The van der Waals surface area contributed by atoms with Crippen LogP contribution in [-0.4, -0.2) is 57.6 Å². The first-order valence-corrected chi connectivity index (χ1v) is 8.88. The maximum absolute atomic E-state index is 12.7. The Labute approximate surface area is 152 Å². The van der Waals surface area contributed by atoms with Gasteiger partial charge in [0.25, 0.3) is 11.6 Å². The largest absolute Gasteiger partial charge is 0.477 e. The van der Waals surface area contributed by atoms with E-state index in [0.717, 1.165) is 4.90 Å². The molecule has 134 valence electrons. The molecule has 1 unspecified atom stereocenters. The van der Waals surface area contributed by atoms with Crippen molar-refractivity contribution in [3.63, 3.8) is 0 Å². The third-order valence-corrected chi connectivity index (χ3v) is 5.73. The van der Waals surface area contributed by atoms with E-state index in [-0.39, 0.29) is 18.0 Å². The maximum atomic E-state index is 12.7. The van der Waals surface area contributed by atoms with Gasteiger partial charge in [-0.3, -0.25) is 14.5 Å². The average molecular weight is 387 g/mol. The highest BCUT2D eigenvalue weighted by Crippen LogP contribution is 2.46. The molecule has 1 aromatic heterocycles. The van der Waals surface area contributed by atoms with Gasteiger partial charge in [0.15, 0.2) is 0 Å². The molecule has 0 radical (unpaired) electrons. The van der Waals surface area contributed by atoms with E-state index in [2.05, 4.69) is 5.32 Å². The second-order valence-electron chi connectivity index (χ2n) is 5.47. The number of rotatable bonds is 6. The van der Waals surface area contributed by atoms with Gasteiger partial charge in [-0.15, -0.1) is 23.4 Å². The number of nitrogens with zero attached hydrogens (tertiary/aromatic N) is 1. The Bertz CT molecular complexity index is 749. The first kappa shape index (κ1) is 17.8. The molecule has 0 saturated carbocycles. The fourth-order valence-corrected chi connectivity index (χ4v) is 4.64. The lowest BCUT2D eigenvalue weighted by Crippen LogP contribution is -2.80. The summed E-state index contributed by atoms with van der Waals surface area (Å²) in [5.74, 6) is -1.55. The van der Waals surface area contributed by atoms with Gasteiger partial charge in [0.1, 0.15) is 16.8 Å². The van der Waals surface area contributed by atoms with Crippen LogP contribution in [0.2, 0.25) is 0 Å². The van der Waals surface area contributed by atoms with Crippen LogP contribution in [0.3, 0.4) is 0 Å². The van der Waals surface area contributed by atoms with Crippen molar-refractivity contribution in [3.8, 4) is 0 Å². The van der Waals surface area contributed by atoms with Crippen LogP contribution in [0, 0.1) is 0 Å². The number of furan rings is 1. The monoisotopic (exact) mass is 386 g/mol. The molecule has 2 amide bonds. The number of ether oxygens (including phenoxy) is 1. The standard InChI is InChI=1S/C15H15ClN2O6S/c1-23-15(17-10(19)5-9-3-2-4-24-9)13(22)18-11(12(20)21)8(6-16)7-25-14(15)18/h2-4,14H,5-7H2,1H3,(H,17,19)(H,20,21)/t14-,15?/m0/s1. The first-order chi connectivity index (χ1) is 11.9. The Morgan fingerprint density at radius 1 is 1.60 bits per heavy atom. The number of carboxylic acids is 1. The van der Waals surface area contributed by atoms with Crippen LogP contribution >= 0.6 is 23.4 Å². The molecule has 1 saturated heterocycles. The SMILES string of the molecule is COC1(NC(=O)Cc2ccco2)C(=O)N2C(C(=O)O)=C(CCl)CS[C@H]21. The van der Waals surface area contributed by atoms with E-state index in [0.29, 0.717) is 17.1 Å². The number of β-lactam (4-membered cyclic amide) rings is 1. The topological polar surface area (TPSA) is 109 Å². The number of alkyl halides is 1. The number of fused-ring (bicyclic) bond motifs is 1. The summed E-state index contributed by atoms with van der Waals surface area (Å²) >= 11 is 7.08. The Morgan fingerprint density at radius 3 is 2.92 bits per heavy atom. The van der Waals surface area contributed by atoms with E-state index in [1.807, 2.05) is 0 Å². The minimum Gasteiger partial charge on any atom is -0.477 e. The molecule has 10 heteroatoms. The summed E-state index contributed by atoms with van der Waals surface area (Å²) in [5.41, 5.74) is -1.29. The van der Waals surface area contributed by atoms with E-state index in [9.17, 15) is 19.5 Å². The highest BCUT2D eigenvalue weighted by molar-refractivity contribution is 8.00. The summed E-state index contributed by atoms with van der Waals surface area (Å²) in [5, 5.41) is 11.3. The summed E-state index contributed by atoms with van der Waals surface area (Å²) in [4.78, 5) is 37.6. The normalized spacial score (nSPS) is 25.4. The molecule has 0 spiro atoms. The predicted octanol–water partition coefficient (Wildman–Crippen LogP) is 0.774. The number of hydrogen-bond donors (Lipinski definition) is 2. The summed E-state index contributed by atoms with van der Waals surface area (Å²) in [6, 6.07) is 3.29. The molecule has 2 aliphatic rings. The molecule has 25 heavy (non-hydrogen) atoms. The summed E-state index contributed by atoms with van der Waals surface area (Å²) in [6.07, 6.45) is 1.39. The Hall–Kier alpha value is -1.97. The van der Waals surface area contributed by atoms with Gasteiger partial charge in [-0.2, -0.15) is 0 Å². The van der Waals surface area contributed by atoms with Crippen LogP contribution < -0.4 is 5.32 Å². The highest BCUT2D eigenvalue weighted by atomic mass is 35.5. The van der Waals surface area contributed by atoms with Crippen LogP contribution in [0.5, 0.6) is 0 Å². The molecule has 1 fully saturated rings. The minimum absolute atomic E-state index is 0.00989. The molecule has 3 rings (SSSR count). The number of hydrogen-bond acceptors (Lipinski definition) is 6. The number of carbonyl (C=O) groups is 3. The molecule has 2 aliphatic heterocycles. The van der Waals surface area contributed by atoms with E-state index in [1.165, 1.54) is 25.1 Å². The van der Waals surface area contributed by atoms with E-state index < -0.39 is 28.9 Å². The van der Waals surface area contributed by atoms with Gasteiger partial charge >= 0.3 is 5.97 Å². The number of amides is 2. The molecular formula is C15H15ClN2O6S. The van der Waals surface area contributed by atoms with Crippen molar-refractivity contribution in [3.05, 3.63) is 35.4 Å². The van der Waals surface area contributed by atoms with Crippen molar-refractivity contribution in [1.82, 2.24) is 10.2 Å². The van der Waals surface area contributed by atoms with Gasteiger partial charge < -0.3 is 19.6 Å². The molecule has 2 N–H and O–H groups in total. The van der Waals surface area contributed by atoms with Crippen molar-refractivity contribution in [2.45, 2.75) is 17.5 Å². The van der Waals surface area contributed by atoms with E-state index in [4.69, 9.17) is 20.8 Å². The van der Waals surface area contributed by atoms with Gasteiger partial charge in [0.2, 0.25) is 5.91 Å². The van der Waals surface area contributed by atoms with E-state index in [1.54, 1.807) is 12.1 Å². The van der Waals surface area contributed by atoms with Crippen LogP contribution in [0.25, 0.3) is 0 Å². The zero-order valence-corrected chi connectivity index (χ0v) is 14.7. The molecule has 3 heterocycles. The second-order valence-corrected chi connectivity index (χ2v) is 6.81. The summed E-state index contributed by atoms with van der Waals surface area (Å²) in [7, 11) is 1.30. The zero-order valence-electron chi connectivity index (χ0n) is 13.2. The van der Waals surface area contributed by atoms with Gasteiger partial charge in [0.05, 0.1) is 12.7 Å². The van der Waals surface area contributed by atoms with Crippen LogP contribution in [-0.2, 0) is 25.5 Å². The van der Waals surface area contributed by atoms with Crippen molar-refractivity contribution in [1.29, 1.82) is 0 Å². The Morgan fingerprint density at radius 2 is 2.36 bits per heavy atom. The van der Waals surface area contributed by atoms with Crippen LogP contribution in [0.4, 0.5) is 0 Å². The summed E-state index contributed by atoms with van der Waals surface area (Å²) in [6.45, 7) is 0. The maximum Gasteiger partial charge on any atom is 0.352 e. The summed E-state index contributed by atoms with van der Waals surface area (Å²) < 4.78 is 10.4. The van der Waals surface area contributed by atoms with Gasteiger partial charge in [-0.05, 0) is 17.7 Å². The molecule has 0 aromatic carbocycles. The Kier molecular flexibility index (Phi) is 4.81. The second kappa shape index (κ2) is 6.74. The fraction of sp³-hybridized carbons (Fsp3) is 0.400. The lowest BCUT2D eigenvalue weighted by Gasteiger charge is -2.55. The van der Waals surface area contributed by atoms with Crippen molar-refractivity contribution in [2.24, 2.45) is 0 Å². The third-order valence-electron chi connectivity index (χ3n) is 4.04. The van der Waals surface area contributed by atoms with Crippen molar-refractivity contribution in [2.75, 3.05) is 18.7 Å². The highest BCUT2D eigenvalue weighted by Gasteiger charge is 2.66. The van der Waals surface area contributed by atoms with Crippen molar-refractivity contribution >= 4 is 41.1 Å². The number of halogens is 1. The zero-order chi connectivity index (χ0) is 18.2. The fourth-order valence-electron chi connectivity index (χ4n) is 2.87. The lowest BCUT2D eigenvalue weighted by molar-refractivity contribution is -0.192. The molecule has 2 atom stereocenters. The lowest BCUT2D eigenvalue weighted by atomic mass is 9.98. The van der Waals surface area contributed by atoms with Crippen LogP contribution in [0.1, 0.15) is 5.76 Å². The van der Waals surface area contributed by atoms with Crippen molar-refractivity contribution < 1.29 is 28.6 Å². The smallest absolute Gasteiger partial charge is 0.352 e. The molecule has 1 aromatic rings. The number of carbonyl (C=O) groups excluding carboxylic acids is 2. The number of thioether (sulfide) groups is 1. The molecule has 8 nitrogen and oxygen atoms in total. The number of methoxy groups -OCH3 is 1. The van der Waals surface area contributed by atoms with Crippen LogP contribution in [0.15, 0.2) is 34.1 Å². The minimum atomic E-state index is -1.60.